The smallest absolute Gasteiger partial charge is 0.287 e. The third-order valence-corrected chi connectivity index (χ3v) is 4.82. The van der Waals surface area contributed by atoms with E-state index in [4.69, 9.17) is 0 Å². The molecule has 1 N–H and O–H groups in total. The SMILES string of the molecule is O=C1/C(=N\Nc2nc3ccccc3s2)Cc2cc(C(F)(F)F)ccc21. The lowest BCUT2D eigenvalue weighted by atomic mass is 10.1. The molecule has 0 aliphatic heterocycles. The number of hydrogen-bond acceptors (Lipinski definition) is 5. The number of carbonyl (C=O) groups is 1. The summed E-state index contributed by atoms with van der Waals surface area (Å²) in [5.74, 6) is -0.364. The second-order valence-electron chi connectivity index (χ2n) is 5.53. The fourth-order valence-corrected chi connectivity index (χ4v) is 3.49. The average Bonchev–Trinajstić information content (AvgIpc) is 3.12. The number of thiazole rings is 1. The van der Waals surface area contributed by atoms with Gasteiger partial charge in [0.2, 0.25) is 10.9 Å². The van der Waals surface area contributed by atoms with Crippen LogP contribution in [0.15, 0.2) is 47.6 Å². The minimum Gasteiger partial charge on any atom is -0.287 e. The summed E-state index contributed by atoms with van der Waals surface area (Å²) in [6.07, 6.45) is -4.37. The van der Waals surface area contributed by atoms with Crippen LogP contribution in [0.25, 0.3) is 10.2 Å². The van der Waals surface area contributed by atoms with Crippen LogP contribution in [0.2, 0.25) is 0 Å². The topological polar surface area (TPSA) is 54.4 Å². The number of para-hydroxylation sites is 1. The zero-order valence-corrected chi connectivity index (χ0v) is 13.4. The molecule has 0 spiro atoms. The normalized spacial score (nSPS) is 15.8. The number of hydrogen-bond donors (Lipinski definition) is 1. The van der Waals surface area contributed by atoms with E-state index in [-0.39, 0.29) is 23.5 Å². The van der Waals surface area contributed by atoms with Gasteiger partial charge in [0, 0.05) is 12.0 Å². The molecule has 25 heavy (non-hydrogen) atoms. The molecule has 1 aliphatic carbocycles. The van der Waals surface area contributed by atoms with Crippen molar-refractivity contribution in [1.29, 1.82) is 0 Å². The summed E-state index contributed by atoms with van der Waals surface area (Å²) in [7, 11) is 0. The second kappa shape index (κ2) is 5.66. The Morgan fingerprint density at radius 3 is 2.72 bits per heavy atom. The average molecular weight is 361 g/mol. The van der Waals surface area contributed by atoms with Gasteiger partial charge in [-0.15, -0.1) is 0 Å². The van der Waals surface area contributed by atoms with Crippen molar-refractivity contribution >= 4 is 38.2 Å². The largest absolute Gasteiger partial charge is 0.416 e. The van der Waals surface area contributed by atoms with Crippen LogP contribution >= 0.6 is 11.3 Å². The van der Waals surface area contributed by atoms with E-state index in [0.717, 1.165) is 22.3 Å². The van der Waals surface area contributed by atoms with Crippen LogP contribution in [0, 0.1) is 0 Å². The zero-order valence-electron chi connectivity index (χ0n) is 12.6. The molecule has 2 aromatic carbocycles. The summed E-state index contributed by atoms with van der Waals surface area (Å²) in [4.78, 5) is 16.6. The van der Waals surface area contributed by atoms with Gasteiger partial charge in [0.15, 0.2) is 0 Å². The molecule has 1 heterocycles. The number of alkyl halides is 3. The van der Waals surface area contributed by atoms with E-state index in [0.29, 0.717) is 10.7 Å². The number of rotatable bonds is 2. The third-order valence-electron chi connectivity index (χ3n) is 3.88. The van der Waals surface area contributed by atoms with Crippen LogP contribution in [0.4, 0.5) is 18.3 Å². The van der Waals surface area contributed by atoms with E-state index in [1.165, 1.54) is 17.4 Å². The molecule has 0 saturated heterocycles. The maximum Gasteiger partial charge on any atom is 0.416 e. The van der Waals surface area contributed by atoms with Gasteiger partial charge >= 0.3 is 6.18 Å². The maximum atomic E-state index is 12.8. The standard InChI is InChI=1S/C17H10F3N3OS/c18-17(19,20)10-5-6-11-9(7-10)8-13(15(11)24)22-23-16-21-12-3-1-2-4-14(12)25-16/h1-7H,8H2,(H,21,23)/b22-13-. The van der Waals surface area contributed by atoms with Gasteiger partial charge in [-0.25, -0.2) is 4.98 Å². The molecule has 1 aliphatic rings. The van der Waals surface area contributed by atoms with Crippen molar-refractivity contribution in [2.45, 2.75) is 12.6 Å². The number of aromatic nitrogens is 1. The monoisotopic (exact) mass is 361 g/mol. The van der Waals surface area contributed by atoms with E-state index in [2.05, 4.69) is 15.5 Å². The van der Waals surface area contributed by atoms with Gasteiger partial charge in [0.05, 0.1) is 15.8 Å². The minimum atomic E-state index is -4.43. The fourth-order valence-electron chi connectivity index (χ4n) is 2.68. The van der Waals surface area contributed by atoms with Crippen LogP contribution in [-0.4, -0.2) is 16.5 Å². The van der Waals surface area contributed by atoms with E-state index in [1.54, 1.807) is 0 Å². The molecule has 0 fully saturated rings. The highest BCUT2D eigenvalue weighted by molar-refractivity contribution is 7.22. The highest BCUT2D eigenvalue weighted by Gasteiger charge is 2.34. The summed E-state index contributed by atoms with van der Waals surface area (Å²) < 4.78 is 39.3. The predicted molar refractivity (Wildman–Crippen MR) is 90.2 cm³/mol. The molecule has 126 valence electrons. The second-order valence-corrected chi connectivity index (χ2v) is 6.56. The molecule has 4 rings (SSSR count). The number of Topliss-reactive ketones (excluding diaryl/α,β-unsaturated/α-hetero) is 1. The highest BCUT2D eigenvalue weighted by atomic mass is 32.1. The number of benzene rings is 2. The summed E-state index contributed by atoms with van der Waals surface area (Å²) in [5.41, 5.74) is 3.56. The maximum absolute atomic E-state index is 12.8. The Kier molecular flexibility index (Phi) is 3.57. The van der Waals surface area contributed by atoms with Crippen LogP contribution in [0.5, 0.6) is 0 Å². The van der Waals surface area contributed by atoms with Gasteiger partial charge in [-0.05, 0) is 29.8 Å². The van der Waals surface area contributed by atoms with Gasteiger partial charge in [0.25, 0.3) is 0 Å². The van der Waals surface area contributed by atoms with Crippen LogP contribution in [0.3, 0.4) is 0 Å². The number of nitrogens with zero attached hydrogens (tertiary/aromatic N) is 2. The minimum absolute atomic E-state index is 0.0655. The van der Waals surface area contributed by atoms with Crippen molar-refractivity contribution in [2.24, 2.45) is 5.10 Å². The Morgan fingerprint density at radius 1 is 1.16 bits per heavy atom. The summed E-state index contributed by atoms with van der Waals surface area (Å²) in [6, 6.07) is 10.7. The number of hydrazone groups is 1. The van der Waals surface area contributed by atoms with Crippen LogP contribution < -0.4 is 5.43 Å². The highest BCUT2D eigenvalue weighted by Crippen LogP contribution is 2.33. The first-order valence-electron chi connectivity index (χ1n) is 7.35. The predicted octanol–water partition coefficient (Wildman–Crippen LogP) is 4.52. The Labute approximate surface area is 144 Å². The Bertz CT molecular complexity index is 990. The van der Waals surface area contributed by atoms with Crippen LogP contribution in [0.1, 0.15) is 21.5 Å². The number of fused-ring (bicyclic) bond motifs is 2. The number of nitrogens with one attached hydrogen (secondary N) is 1. The van der Waals surface area contributed by atoms with E-state index >= 15 is 0 Å². The Morgan fingerprint density at radius 2 is 1.96 bits per heavy atom. The van der Waals surface area contributed by atoms with Crippen molar-refractivity contribution in [3.05, 3.63) is 59.2 Å². The van der Waals surface area contributed by atoms with Crippen molar-refractivity contribution < 1.29 is 18.0 Å². The molecular formula is C17H10F3N3OS. The quantitative estimate of drug-likeness (QED) is 0.683. The molecule has 1 aromatic heterocycles. The van der Waals surface area contributed by atoms with Gasteiger partial charge < -0.3 is 0 Å². The van der Waals surface area contributed by atoms with E-state index < -0.39 is 11.7 Å². The summed E-state index contributed by atoms with van der Waals surface area (Å²) in [5, 5.41) is 4.58. The molecule has 0 amide bonds. The number of anilines is 1. The van der Waals surface area contributed by atoms with Crippen molar-refractivity contribution in [2.75, 3.05) is 5.43 Å². The molecule has 8 heteroatoms. The van der Waals surface area contributed by atoms with Gasteiger partial charge in [-0.1, -0.05) is 29.5 Å². The molecule has 0 bridgehead atoms. The summed E-state index contributed by atoms with van der Waals surface area (Å²) in [6.45, 7) is 0. The van der Waals surface area contributed by atoms with Gasteiger partial charge in [0.1, 0.15) is 5.71 Å². The Balaban J connectivity index is 1.59. The van der Waals surface area contributed by atoms with Crippen LogP contribution in [-0.2, 0) is 12.6 Å². The molecular weight excluding hydrogens is 351 g/mol. The summed E-state index contributed by atoms with van der Waals surface area (Å²) >= 11 is 1.38. The molecule has 0 radical (unpaired) electrons. The lowest BCUT2D eigenvalue weighted by Gasteiger charge is -2.07. The van der Waals surface area contributed by atoms with Gasteiger partial charge in [-0.3, -0.25) is 10.2 Å². The lowest BCUT2D eigenvalue weighted by Crippen LogP contribution is -2.10. The van der Waals surface area contributed by atoms with Crippen molar-refractivity contribution in [3.63, 3.8) is 0 Å². The molecule has 0 saturated carbocycles. The molecule has 0 atom stereocenters. The first kappa shape index (κ1) is 15.8. The molecule has 3 aromatic rings. The number of halogens is 3. The van der Waals surface area contributed by atoms with E-state index in [1.807, 2.05) is 24.3 Å². The third kappa shape index (κ3) is 2.89. The van der Waals surface area contributed by atoms with Crippen molar-refractivity contribution in [1.82, 2.24) is 4.98 Å². The fraction of sp³-hybridized carbons (Fsp3) is 0.118. The zero-order chi connectivity index (χ0) is 17.6. The first-order chi connectivity index (χ1) is 11.9. The van der Waals surface area contributed by atoms with Crippen molar-refractivity contribution in [3.8, 4) is 0 Å². The van der Waals surface area contributed by atoms with Gasteiger partial charge in [-0.2, -0.15) is 18.3 Å². The Hall–Kier alpha value is -2.74. The molecule has 0 unspecified atom stereocenters. The number of carbonyl (C=O) groups excluding carboxylic acids is 1. The molecule has 4 nitrogen and oxygen atoms in total. The lowest BCUT2D eigenvalue weighted by molar-refractivity contribution is -0.137. The number of ketones is 1. The van der Waals surface area contributed by atoms with E-state index in [9.17, 15) is 18.0 Å². The first-order valence-corrected chi connectivity index (χ1v) is 8.16.